The zero-order valence-electron chi connectivity index (χ0n) is 12.9. The van der Waals surface area contributed by atoms with Crippen molar-refractivity contribution < 1.29 is 4.74 Å². The third kappa shape index (κ3) is 3.74. The Morgan fingerprint density at radius 1 is 1.24 bits per heavy atom. The molecule has 4 heteroatoms. The highest BCUT2D eigenvalue weighted by molar-refractivity contribution is 6.30. The Morgan fingerprint density at radius 2 is 1.90 bits per heavy atom. The first-order valence-corrected chi connectivity index (χ1v) is 7.38. The fourth-order valence-corrected chi connectivity index (χ4v) is 2.49. The molecule has 2 aromatic rings. The molecule has 0 spiro atoms. The SMILES string of the molecule is COc1c(C)cnc(CNC(C)c2ccc(Cl)cc2)c1C. The van der Waals surface area contributed by atoms with E-state index >= 15 is 0 Å². The van der Waals surface area contributed by atoms with E-state index in [1.54, 1.807) is 7.11 Å². The molecule has 1 unspecified atom stereocenters. The Labute approximate surface area is 131 Å². The van der Waals surface area contributed by atoms with Gasteiger partial charge in [0.25, 0.3) is 0 Å². The minimum atomic E-state index is 0.232. The number of benzene rings is 1. The third-order valence-electron chi connectivity index (χ3n) is 3.70. The molecule has 0 amide bonds. The topological polar surface area (TPSA) is 34.1 Å². The molecule has 21 heavy (non-hydrogen) atoms. The Kier molecular flexibility index (Phi) is 5.21. The number of aryl methyl sites for hydroxylation is 1. The maximum Gasteiger partial charge on any atom is 0.128 e. The van der Waals surface area contributed by atoms with E-state index in [0.717, 1.165) is 27.6 Å². The fourth-order valence-electron chi connectivity index (χ4n) is 2.37. The number of aromatic nitrogens is 1. The molecule has 0 radical (unpaired) electrons. The van der Waals surface area contributed by atoms with Crippen molar-refractivity contribution in [3.8, 4) is 5.75 Å². The van der Waals surface area contributed by atoms with Gasteiger partial charge in [0.1, 0.15) is 5.75 Å². The molecule has 1 atom stereocenters. The van der Waals surface area contributed by atoms with Crippen molar-refractivity contribution in [1.82, 2.24) is 10.3 Å². The number of halogens is 1. The zero-order valence-corrected chi connectivity index (χ0v) is 13.7. The number of pyridine rings is 1. The highest BCUT2D eigenvalue weighted by atomic mass is 35.5. The van der Waals surface area contributed by atoms with Crippen molar-refractivity contribution in [1.29, 1.82) is 0 Å². The van der Waals surface area contributed by atoms with Gasteiger partial charge in [0.15, 0.2) is 0 Å². The lowest BCUT2D eigenvalue weighted by molar-refractivity contribution is 0.406. The van der Waals surface area contributed by atoms with E-state index in [0.29, 0.717) is 6.54 Å². The lowest BCUT2D eigenvalue weighted by atomic mass is 10.1. The Morgan fingerprint density at radius 3 is 2.52 bits per heavy atom. The molecular formula is C17H21ClN2O. The smallest absolute Gasteiger partial charge is 0.128 e. The minimum absolute atomic E-state index is 0.232. The average molecular weight is 305 g/mol. The van der Waals surface area contributed by atoms with E-state index < -0.39 is 0 Å². The summed E-state index contributed by atoms with van der Waals surface area (Å²) in [5.74, 6) is 0.918. The highest BCUT2D eigenvalue weighted by Crippen LogP contribution is 2.24. The standard InChI is InChI=1S/C17H21ClN2O/c1-11-9-20-16(12(2)17(11)21-4)10-19-13(3)14-5-7-15(18)8-6-14/h5-9,13,19H,10H2,1-4H3. The molecule has 0 aliphatic carbocycles. The van der Waals surface area contributed by atoms with Crippen LogP contribution < -0.4 is 10.1 Å². The lowest BCUT2D eigenvalue weighted by Gasteiger charge is -2.17. The summed E-state index contributed by atoms with van der Waals surface area (Å²) in [5, 5.41) is 4.24. The van der Waals surface area contributed by atoms with Crippen molar-refractivity contribution in [3.63, 3.8) is 0 Å². The predicted molar refractivity (Wildman–Crippen MR) is 87.0 cm³/mol. The van der Waals surface area contributed by atoms with Crippen LogP contribution in [-0.4, -0.2) is 12.1 Å². The summed E-state index contributed by atoms with van der Waals surface area (Å²) in [4.78, 5) is 4.50. The van der Waals surface area contributed by atoms with Crippen LogP contribution in [0.4, 0.5) is 0 Å². The number of nitrogens with zero attached hydrogens (tertiary/aromatic N) is 1. The fraction of sp³-hybridized carbons (Fsp3) is 0.353. The molecule has 112 valence electrons. The van der Waals surface area contributed by atoms with E-state index in [1.165, 1.54) is 5.56 Å². The van der Waals surface area contributed by atoms with Crippen molar-refractivity contribution in [2.24, 2.45) is 0 Å². The van der Waals surface area contributed by atoms with Crippen molar-refractivity contribution in [2.75, 3.05) is 7.11 Å². The molecule has 1 heterocycles. The first-order valence-electron chi connectivity index (χ1n) is 7.01. The molecule has 2 rings (SSSR count). The molecule has 3 nitrogen and oxygen atoms in total. The number of hydrogen-bond donors (Lipinski definition) is 1. The zero-order chi connectivity index (χ0) is 15.4. The van der Waals surface area contributed by atoms with Gasteiger partial charge in [0.2, 0.25) is 0 Å². The Balaban J connectivity index is 2.08. The first-order chi connectivity index (χ1) is 10.0. The van der Waals surface area contributed by atoms with E-state index in [-0.39, 0.29) is 6.04 Å². The molecule has 1 aromatic carbocycles. The summed E-state index contributed by atoms with van der Waals surface area (Å²) in [6.07, 6.45) is 1.86. The van der Waals surface area contributed by atoms with Crippen molar-refractivity contribution >= 4 is 11.6 Å². The van der Waals surface area contributed by atoms with Gasteiger partial charge in [-0.15, -0.1) is 0 Å². The van der Waals surface area contributed by atoms with Crippen LogP contribution in [-0.2, 0) is 6.54 Å². The molecule has 1 N–H and O–H groups in total. The van der Waals surface area contributed by atoms with Crippen LogP contribution in [0.2, 0.25) is 5.02 Å². The van der Waals surface area contributed by atoms with Crippen LogP contribution in [0.15, 0.2) is 30.5 Å². The Bertz CT molecular complexity index is 611. The number of ether oxygens (including phenoxy) is 1. The van der Waals surface area contributed by atoms with Crippen molar-refractivity contribution in [3.05, 3.63) is 57.9 Å². The van der Waals surface area contributed by atoms with E-state index in [1.807, 2.05) is 44.3 Å². The first kappa shape index (κ1) is 15.8. The predicted octanol–water partition coefficient (Wildman–Crippen LogP) is 4.21. The minimum Gasteiger partial charge on any atom is -0.496 e. The molecule has 0 saturated carbocycles. The molecule has 0 aliphatic heterocycles. The highest BCUT2D eigenvalue weighted by Gasteiger charge is 2.11. The van der Waals surface area contributed by atoms with Crippen LogP contribution in [0.5, 0.6) is 5.75 Å². The molecular weight excluding hydrogens is 284 g/mol. The summed E-state index contributed by atoms with van der Waals surface area (Å²) in [6, 6.07) is 8.13. The van der Waals surface area contributed by atoms with Crippen LogP contribution in [0.3, 0.4) is 0 Å². The molecule has 0 bridgehead atoms. The largest absolute Gasteiger partial charge is 0.496 e. The monoisotopic (exact) mass is 304 g/mol. The van der Waals surface area contributed by atoms with Gasteiger partial charge < -0.3 is 10.1 Å². The van der Waals surface area contributed by atoms with E-state index in [9.17, 15) is 0 Å². The summed E-state index contributed by atoms with van der Waals surface area (Å²) in [5.41, 5.74) is 4.37. The second-order valence-corrected chi connectivity index (χ2v) is 5.64. The van der Waals surface area contributed by atoms with Crippen LogP contribution >= 0.6 is 11.6 Å². The summed E-state index contributed by atoms with van der Waals surface area (Å²) in [6.45, 7) is 6.88. The maximum atomic E-state index is 5.91. The second-order valence-electron chi connectivity index (χ2n) is 5.20. The number of methoxy groups -OCH3 is 1. The van der Waals surface area contributed by atoms with E-state index in [4.69, 9.17) is 16.3 Å². The molecule has 0 saturated heterocycles. The summed E-state index contributed by atoms with van der Waals surface area (Å²) < 4.78 is 5.44. The second kappa shape index (κ2) is 6.92. The third-order valence-corrected chi connectivity index (χ3v) is 3.95. The lowest BCUT2D eigenvalue weighted by Crippen LogP contribution is -2.19. The van der Waals surface area contributed by atoms with Gasteiger partial charge >= 0.3 is 0 Å². The van der Waals surface area contributed by atoms with Crippen LogP contribution in [0, 0.1) is 13.8 Å². The number of nitrogens with one attached hydrogen (secondary N) is 1. The van der Waals surface area contributed by atoms with Gasteiger partial charge in [-0.1, -0.05) is 23.7 Å². The summed E-state index contributed by atoms with van der Waals surface area (Å²) >= 11 is 5.91. The van der Waals surface area contributed by atoms with Crippen LogP contribution in [0.1, 0.15) is 35.3 Å². The molecule has 0 aliphatic rings. The molecule has 0 fully saturated rings. The quantitative estimate of drug-likeness (QED) is 0.898. The van der Waals surface area contributed by atoms with Crippen LogP contribution in [0.25, 0.3) is 0 Å². The van der Waals surface area contributed by atoms with Gasteiger partial charge in [-0.25, -0.2) is 0 Å². The maximum absolute atomic E-state index is 5.91. The van der Waals surface area contributed by atoms with Gasteiger partial charge in [-0.2, -0.15) is 0 Å². The average Bonchev–Trinajstić information content (AvgIpc) is 2.47. The van der Waals surface area contributed by atoms with Crippen molar-refractivity contribution in [2.45, 2.75) is 33.4 Å². The molecule has 1 aromatic heterocycles. The number of rotatable bonds is 5. The van der Waals surface area contributed by atoms with Gasteiger partial charge in [0.05, 0.1) is 12.8 Å². The normalized spacial score (nSPS) is 12.2. The van der Waals surface area contributed by atoms with Gasteiger partial charge in [-0.3, -0.25) is 4.98 Å². The van der Waals surface area contributed by atoms with Gasteiger partial charge in [0, 0.05) is 34.9 Å². The van der Waals surface area contributed by atoms with E-state index in [2.05, 4.69) is 17.2 Å². The summed E-state index contributed by atoms with van der Waals surface area (Å²) in [7, 11) is 1.70. The van der Waals surface area contributed by atoms with Gasteiger partial charge in [-0.05, 0) is 38.5 Å². The Hall–Kier alpha value is -1.58. The number of hydrogen-bond acceptors (Lipinski definition) is 3.